The van der Waals surface area contributed by atoms with Crippen molar-refractivity contribution >= 4 is 11.7 Å². The SMILES string of the molecule is C=CCNC(=O)c1ccc(N[C@H](C)Cn2nc(C)cc2C)nc1. The average molecular weight is 313 g/mol. The average Bonchev–Trinajstić information content (AvgIpc) is 2.83. The largest absolute Gasteiger partial charge is 0.366 e. The van der Waals surface area contributed by atoms with Gasteiger partial charge < -0.3 is 10.6 Å². The lowest BCUT2D eigenvalue weighted by Gasteiger charge is -2.15. The van der Waals surface area contributed by atoms with Gasteiger partial charge in [-0.1, -0.05) is 6.08 Å². The number of anilines is 1. The number of aryl methyl sites for hydroxylation is 2. The molecular weight excluding hydrogens is 290 g/mol. The Bertz CT molecular complexity index is 675. The van der Waals surface area contributed by atoms with Gasteiger partial charge in [-0.2, -0.15) is 5.10 Å². The van der Waals surface area contributed by atoms with E-state index in [0.717, 1.165) is 23.8 Å². The van der Waals surface area contributed by atoms with Gasteiger partial charge in [0.15, 0.2) is 0 Å². The summed E-state index contributed by atoms with van der Waals surface area (Å²) in [4.78, 5) is 16.1. The van der Waals surface area contributed by atoms with Crippen LogP contribution < -0.4 is 10.6 Å². The van der Waals surface area contributed by atoms with E-state index in [1.807, 2.05) is 18.5 Å². The molecule has 2 rings (SSSR count). The lowest BCUT2D eigenvalue weighted by Crippen LogP contribution is -2.25. The van der Waals surface area contributed by atoms with Crippen LogP contribution in [0.15, 0.2) is 37.1 Å². The molecule has 0 radical (unpaired) electrons. The molecule has 0 aromatic carbocycles. The highest BCUT2D eigenvalue weighted by Gasteiger charge is 2.09. The normalized spacial score (nSPS) is 11.8. The zero-order valence-electron chi connectivity index (χ0n) is 13.8. The standard InChI is InChI=1S/C17H23N5O/c1-5-8-18-17(23)15-6-7-16(19-10-15)20-13(3)11-22-14(4)9-12(2)21-22/h5-7,9-10,13H,1,8,11H2,2-4H3,(H,18,23)(H,19,20)/t13-/m1/s1. The zero-order valence-corrected chi connectivity index (χ0v) is 13.8. The fraction of sp³-hybridized carbons (Fsp3) is 0.353. The number of carbonyl (C=O) groups excluding carboxylic acids is 1. The summed E-state index contributed by atoms with van der Waals surface area (Å²) in [6, 6.07) is 5.78. The molecule has 0 spiro atoms. The minimum absolute atomic E-state index is 0.153. The van der Waals surface area contributed by atoms with Crippen LogP contribution in [0.5, 0.6) is 0 Å². The topological polar surface area (TPSA) is 71.8 Å². The Morgan fingerprint density at radius 3 is 2.78 bits per heavy atom. The summed E-state index contributed by atoms with van der Waals surface area (Å²) in [5.41, 5.74) is 2.68. The summed E-state index contributed by atoms with van der Waals surface area (Å²) in [5.74, 6) is 0.582. The predicted molar refractivity (Wildman–Crippen MR) is 91.6 cm³/mol. The molecule has 2 N–H and O–H groups in total. The van der Waals surface area contributed by atoms with Gasteiger partial charge in [0.1, 0.15) is 5.82 Å². The Morgan fingerprint density at radius 1 is 1.43 bits per heavy atom. The van der Waals surface area contributed by atoms with E-state index in [2.05, 4.69) is 40.3 Å². The second-order valence-corrected chi connectivity index (χ2v) is 5.59. The third-order valence-electron chi connectivity index (χ3n) is 3.38. The third-order valence-corrected chi connectivity index (χ3v) is 3.38. The van der Waals surface area contributed by atoms with Crippen LogP contribution in [-0.4, -0.2) is 33.3 Å². The molecule has 2 aromatic heterocycles. The molecule has 0 saturated heterocycles. The van der Waals surface area contributed by atoms with Gasteiger partial charge >= 0.3 is 0 Å². The Balaban J connectivity index is 1.93. The van der Waals surface area contributed by atoms with E-state index < -0.39 is 0 Å². The summed E-state index contributed by atoms with van der Waals surface area (Å²) in [6.45, 7) is 10.9. The van der Waals surface area contributed by atoms with Gasteiger partial charge in [-0.05, 0) is 39.0 Å². The molecule has 0 aliphatic rings. The van der Waals surface area contributed by atoms with Crippen LogP contribution >= 0.6 is 0 Å². The van der Waals surface area contributed by atoms with Gasteiger partial charge in [0.2, 0.25) is 0 Å². The number of rotatable bonds is 7. The number of aromatic nitrogens is 3. The lowest BCUT2D eigenvalue weighted by molar-refractivity contribution is 0.0957. The number of amides is 1. The van der Waals surface area contributed by atoms with Crippen molar-refractivity contribution in [2.45, 2.75) is 33.4 Å². The first-order valence-electron chi connectivity index (χ1n) is 7.62. The van der Waals surface area contributed by atoms with Crippen LogP contribution in [0, 0.1) is 13.8 Å². The van der Waals surface area contributed by atoms with E-state index in [1.165, 1.54) is 0 Å². The second kappa shape index (κ2) is 7.58. The van der Waals surface area contributed by atoms with E-state index in [-0.39, 0.29) is 11.9 Å². The van der Waals surface area contributed by atoms with Crippen molar-refractivity contribution in [2.75, 3.05) is 11.9 Å². The molecule has 23 heavy (non-hydrogen) atoms. The number of nitrogens with zero attached hydrogens (tertiary/aromatic N) is 3. The van der Waals surface area contributed by atoms with Gasteiger partial charge in [0.25, 0.3) is 5.91 Å². The van der Waals surface area contributed by atoms with Gasteiger partial charge in [0.05, 0.1) is 17.8 Å². The predicted octanol–water partition coefficient (Wildman–Crippen LogP) is 2.31. The molecule has 0 unspecified atom stereocenters. The van der Waals surface area contributed by atoms with E-state index in [4.69, 9.17) is 0 Å². The van der Waals surface area contributed by atoms with Crippen LogP contribution in [0.3, 0.4) is 0 Å². The first kappa shape index (κ1) is 16.7. The highest BCUT2D eigenvalue weighted by molar-refractivity contribution is 5.94. The van der Waals surface area contributed by atoms with Crippen molar-refractivity contribution in [3.8, 4) is 0 Å². The molecule has 0 bridgehead atoms. The van der Waals surface area contributed by atoms with E-state index in [9.17, 15) is 4.79 Å². The monoisotopic (exact) mass is 313 g/mol. The Morgan fingerprint density at radius 2 is 2.22 bits per heavy atom. The highest BCUT2D eigenvalue weighted by Crippen LogP contribution is 2.09. The first-order chi connectivity index (χ1) is 11.0. The summed E-state index contributed by atoms with van der Waals surface area (Å²) >= 11 is 0. The van der Waals surface area contributed by atoms with E-state index in [0.29, 0.717) is 12.1 Å². The number of hydrogen-bond donors (Lipinski definition) is 2. The van der Waals surface area contributed by atoms with Gasteiger partial charge in [-0.25, -0.2) is 4.98 Å². The van der Waals surface area contributed by atoms with Crippen LogP contribution in [0.25, 0.3) is 0 Å². The van der Waals surface area contributed by atoms with Crippen molar-refractivity contribution in [1.82, 2.24) is 20.1 Å². The summed E-state index contributed by atoms with van der Waals surface area (Å²) in [5, 5.41) is 10.5. The number of nitrogens with one attached hydrogen (secondary N) is 2. The summed E-state index contributed by atoms with van der Waals surface area (Å²) in [6.07, 6.45) is 3.21. The molecular formula is C17H23N5O. The maximum Gasteiger partial charge on any atom is 0.253 e. The van der Waals surface area contributed by atoms with Crippen LogP contribution in [0.1, 0.15) is 28.7 Å². The second-order valence-electron chi connectivity index (χ2n) is 5.59. The molecule has 0 aliphatic heterocycles. The van der Waals surface area contributed by atoms with Crippen molar-refractivity contribution in [2.24, 2.45) is 0 Å². The minimum atomic E-state index is -0.153. The molecule has 1 amide bonds. The van der Waals surface area contributed by atoms with Gasteiger partial charge in [-0.3, -0.25) is 9.48 Å². The smallest absolute Gasteiger partial charge is 0.253 e. The molecule has 0 saturated carbocycles. The van der Waals surface area contributed by atoms with Gasteiger partial charge in [-0.15, -0.1) is 6.58 Å². The molecule has 122 valence electrons. The minimum Gasteiger partial charge on any atom is -0.366 e. The number of hydrogen-bond acceptors (Lipinski definition) is 4. The van der Waals surface area contributed by atoms with E-state index in [1.54, 1.807) is 24.4 Å². The molecule has 1 atom stereocenters. The van der Waals surface area contributed by atoms with E-state index >= 15 is 0 Å². The quantitative estimate of drug-likeness (QED) is 0.770. The third kappa shape index (κ3) is 4.67. The summed E-state index contributed by atoms with van der Waals surface area (Å²) < 4.78 is 1.98. The molecule has 0 fully saturated rings. The van der Waals surface area contributed by atoms with Crippen molar-refractivity contribution < 1.29 is 4.79 Å². The van der Waals surface area contributed by atoms with Gasteiger partial charge in [0, 0.05) is 24.5 Å². The Hall–Kier alpha value is -2.63. The van der Waals surface area contributed by atoms with Crippen molar-refractivity contribution in [1.29, 1.82) is 0 Å². The molecule has 0 aliphatic carbocycles. The van der Waals surface area contributed by atoms with Crippen molar-refractivity contribution in [3.05, 3.63) is 54.0 Å². The molecule has 6 nitrogen and oxygen atoms in total. The maximum atomic E-state index is 11.8. The van der Waals surface area contributed by atoms with Crippen LogP contribution in [0.2, 0.25) is 0 Å². The van der Waals surface area contributed by atoms with Crippen molar-refractivity contribution in [3.63, 3.8) is 0 Å². The van der Waals surface area contributed by atoms with Crippen LogP contribution in [0.4, 0.5) is 5.82 Å². The maximum absolute atomic E-state index is 11.8. The zero-order chi connectivity index (χ0) is 16.8. The molecule has 2 heterocycles. The summed E-state index contributed by atoms with van der Waals surface area (Å²) in [7, 11) is 0. The number of carbonyl (C=O) groups is 1. The van der Waals surface area contributed by atoms with Crippen LogP contribution in [-0.2, 0) is 6.54 Å². The fourth-order valence-electron chi connectivity index (χ4n) is 2.30. The highest BCUT2D eigenvalue weighted by atomic mass is 16.1. The fourth-order valence-corrected chi connectivity index (χ4v) is 2.30. The first-order valence-corrected chi connectivity index (χ1v) is 7.62. The number of pyridine rings is 1. The molecule has 2 aromatic rings. The Labute approximate surface area is 136 Å². The molecule has 6 heteroatoms. The lowest BCUT2D eigenvalue weighted by atomic mass is 10.2. The Kier molecular flexibility index (Phi) is 5.51.